The summed E-state index contributed by atoms with van der Waals surface area (Å²) in [4.78, 5) is 13.2. The summed E-state index contributed by atoms with van der Waals surface area (Å²) in [7, 11) is 3.27. The van der Waals surface area contributed by atoms with Crippen molar-refractivity contribution in [1.29, 1.82) is 0 Å². The molecule has 1 rings (SSSR count). The van der Waals surface area contributed by atoms with Crippen LogP contribution in [0.1, 0.15) is 12.5 Å². The Morgan fingerprint density at radius 2 is 2.22 bits per heavy atom. The topological polar surface area (TPSA) is 61.8 Å². The van der Waals surface area contributed by atoms with Crippen molar-refractivity contribution in [3.05, 3.63) is 23.8 Å². The molecule has 0 unspecified atom stereocenters. The minimum atomic E-state index is 0.0511. The molecule has 0 saturated heterocycles. The molecular formula is C13H20N2O3. The number of aromatic hydroxyl groups is 1. The molecule has 18 heavy (non-hydrogen) atoms. The Bertz CT molecular complexity index is 407. The van der Waals surface area contributed by atoms with Gasteiger partial charge >= 0.3 is 0 Å². The second kappa shape index (κ2) is 6.86. The third-order valence-corrected chi connectivity index (χ3v) is 2.75. The third kappa shape index (κ3) is 3.92. The molecule has 1 aromatic carbocycles. The van der Waals surface area contributed by atoms with Gasteiger partial charge in [-0.25, -0.2) is 0 Å². The molecule has 2 N–H and O–H groups in total. The van der Waals surface area contributed by atoms with Crippen LogP contribution in [-0.2, 0) is 11.3 Å². The van der Waals surface area contributed by atoms with Crippen molar-refractivity contribution in [3.63, 3.8) is 0 Å². The van der Waals surface area contributed by atoms with Crippen molar-refractivity contribution >= 4 is 5.91 Å². The number of hydrogen-bond acceptors (Lipinski definition) is 4. The van der Waals surface area contributed by atoms with E-state index in [0.717, 1.165) is 5.56 Å². The van der Waals surface area contributed by atoms with E-state index in [2.05, 4.69) is 5.32 Å². The maximum atomic E-state index is 11.5. The van der Waals surface area contributed by atoms with Crippen molar-refractivity contribution in [2.24, 2.45) is 0 Å². The van der Waals surface area contributed by atoms with Gasteiger partial charge in [-0.2, -0.15) is 0 Å². The van der Waals surface area contributed by atoms with Gasteiger partial charge in [0.15, 0.2) is 11.5 Å². The summed E-state index contributed by atoms with van der Waals surface area (Å²) < 4.78 is 4.96. The summed E-state index contributed by atoms with van der Waals surface area (Å²) in [5.74, 6) is 0.601. The van der Waals surface area contributed by atoms with E-state index >= 15 is 0 Å². The highest BCUT2D eigenvalue weighted by molar-refractivity contribution is 5.77. The molecule has 0 heterocycles. The zero-order valence-electron chi connectivity index (χ0n) is 11.1. The minimum Gasteiger partial charge on any atom is -0.504 e. The van der Waals surface area contributed by atoms with E-state index in [-0.39, 0.29) is 18.2 Å². The van der Waals surface area contributed by atoms with Crippen LogP contribution in [0.5, 0.6) is 11.5 Å². The number of nitrogens with one attached hydrogen (secondary N) is 1. The van der Waals surface area contributed by atoms with Crippen LogP contribution in [0, 0.1) is 0 Å². The second-order valence-corrected chi connectivity index (χ2v) is 4.02. The number of phenolic OH excluding ortho intramolecular Hbond substituents is 1. The van der Waals surface area contributed by atoms with Gasteiger partial charge in [0.05, 0.1) is 13.7 Å². The molecule has 0 saturated carbocycles. The molecule has 0 aromatic heterocycles. The number of carbonyl (C=O) groups excluding carboxylic acids is 1. The molecule has 0 bridgehead atoms. The van der Waals surface area contributed by atoms with E-state index in [9.17, 15) is 9.90 Å². The van der Waals surface area contributed by atoms with Crippen LogP contribution in [0.4, 0.5) is 0 Å². The highest BCUT2D eigenvalue weighted by Gasteiger charge is 2.06. The number of ether oxygens (including phenoxy) is 1. The zero-order valence-corrected chi connectivity index (χ0v) is 11.1. The predicted octanol–water partition coefficient (Wildman–Crippen LogP) is 0.969. The van der Waals surface area contributed by atoms with Gasteiger partial charge < -0.3 is 20.1 Å². The standard InChI is InChI=1S/C13H20N2O3/c1-4-15(2)13(17)9-14-8-10-5-6-12(18-3)11(16)7-10/h5-7,14,16H,4,8-9H2,1-3H3. The summed E-state index contributed by atoms with van der Waals surface area (Å²) in [6, 6.07) is 5.17. The van der Waals surface area contributed by atoms with Crippen molar-refractivity contribution in [2.75, 3.05) is 27.2 Å². The van der Waals surface area contributed by atoms with Gasteiger partial charge in [0.2, 0.25) is 5.91 Å². The molecular weight excluding hydrogens is 232 g/mol. The van der Waals surface area contributed by atoms with E-state index < -0.39 is 0 Å². The van der Waals surface area contributed by atoms with Crippen molar-refractivity contribution < 1.29 is 14.6 Å². The number of methoxy groups -OCH3 is 1. The number of benzene rings is 1. The van der Waals surface area contributed by atoms with Gasteiger partial charge in [0.1, 0.15) is 0 Å². The molecule has 100 valence electrons. The average Bonchev–Trinajstić information content (AvgIpc) is 2.37. The Hall–Kier alpha value is -1.75. The minimum absolute atomic E-state index is 0.0511. The maximum Gasteiger partial charge on any atom is 0.236 e. The lowest BCUT2D eigenvalue weighted by molar-refractivity contribution is -0.128. The van der Waals surface area contributed by atoms with Crippen LogP contribution < -0.4 is 10.1 Å². The number of nitrogens with zero attached hydrogens (tertiary/aromatic N) is 1. The SMILES string of the molecule is CCN(C)C(=O)CNCc1ccc(OC)c(O)c1. The van der Waals surface area contributed by atoms with Gasteiger partial charge in [-0.3, -0.25) is 4.79 Å². The summed E-state index contributed by atoms with van der Waals surface area (Å²) in [6.07, 6.45) is 0. The fraction of sp³-hybridized carbons (Fsp3) is 0.462. The van der Waals surface area contributed by atoms with Crippen molar-refractivity contribution in [3.8, 4) is 11.5 Å². The van der Waals surface area contributed by atoms with Gasteiger partial charge in [0, 0.05) is 20.1 Å². The summed E-state index contributed by atoms with van der Waals surface area (Å²) >= 11 is 0. The first-order valence-corrected chi connectivity index (χ1v) is 5.89. The lowest BCUT2D eigenvalue weighted by Crippen LogP contribution is -2.35. The Kier molecular flexibility index (Phi) is 5.45. The van der Waals surface area contributed by atoms with Gasteiger partial charge in [-0.15, -0.1) is 0 Å². The number of hydrogen-bond donors (Lipinski definition) is 2. The van der Waals surface area contributed by atoms with Crippen LogP contribution in [0.3, 0.4) is 0 Å². The largest absolute Gasteiger partial charge is 0.504 e. The molecule has 0 aliphatic rings. The molecule has 1 aromatic rings. The number of carbonyl (C=O) groups is 1. The zero-order chi connectivity index (χ0) is 13.5. The Morgan fingerprint density at radius 1 is 1.50 bits per heavy atom. The normalized spacial score (nSPS) is 10.2. The highest BCUT2D eigenvalue weighted by Crippen LogP contribution is 2.25. The number of likely N-dealkylation sites (N-methyl/N-ethyl adjacent to an activating group) is 1. The smallest absolute Gasteiger partial charge is 0.236 e. The van der Waals surface area contributed by atoms with Crippen molar-refractivity contribution in [2.45, 2.75) is 13.5 Å². The van der Waals surface area contributed by atoms with Gasteiger partial charge in [0.25, 0.3) is 0 Å². The molecule has 0 fully saturated rings. The van der Waals surface area contributed by atoms with E-state index in [1.54, 1.807) is 24.1 Å². The first-order chi connectivity index (χ1) is 8.58. The molecule has 0 spiro atoms. The molecule has 0 atom stereocenters. The molecule has 0 radical (unpaired) electrons. The van der Waals surface area contributed by atoms with E-state index in [0.29, 0.717) is 18.8 Å². The molecule has 0 aliphatic heterocycles. The first-order valence-electron chi connectivity index (χ1n) is 5.89. The summed E-state index contributed by atoms with van der Waals surface area (Å²) in [5.41, 5.74) is 0.903. The lowest BCUT2D eigenvalue weighted by atomic mass is 10.2. The molecule has 1 amide bonds. The van der Waals surface area contributed by atoms with E-state index in [1.165, 1.54) is 7.11 Å². The fourth-order valence-electron chi connectivity index (χ4n) is 1.47. The quantitative estimate of drug-likeness (QED) is 0.792. The molecule has 5 heteroatoms. The van der Waals surface area contributed by atoms with Gasteiger partial charge in [-0.05, 0) is 24.6 Å². The summed E-state index contributed by atoms with van der Waals surface area (Å²) in [6.45, 7) is 3.45. The lowest BCUT2D eigenvalue weighted by Gasteiger charge is -2.14. The number of rotatable bonds is 6. The number of phenols is 1. The number of amides is 1. The van der Waals surface area contributed by atoms with E-state index in [4.69, 9.17) is 4.74 Å². The highest BCUT2D eigenvalue weighted by atomic mass is 16.5. The monoisotopic (exact) mass is 252 g/mol. The average molecular weight is 252 g/mol. The van der Waals surface area contributed by atoms with Crippen LogP contribution in [0.25, 0.3) is 0 Å². The van der Waals surface area contributed by atoms with Gasteiger partial charge in [-0.1, -0.05) is 6.07 Å². The maximum absolute atomic E-state index is 11.5. The summed E-state index contributed by atoms with van der Waals surface area (Å²) in [5, 5.41) is 12.6. The van der Waals surface area contributed by atoms with Crippen LogP contribution >= 0.6 is 0 Å². The Labute approximate surface area is 107 Å². The van der Waals surface area contributed by atoms with Crippen LogP contribution in [0.15, 0.2) is 18.2 Å². The Balaban J connectivity index is 2.45. The third-order valence-electron chi connectivity index (χ3n) is 2.75. The van der Waals surface area contributed by atoms with Crippen molar-refractivity contribution in [1.82, 2.24) is 10.2 Å². The first kappa shape index (κ1) is 14.3. The fourth-order valence-corrected chi connectivity index (χ4v) is 1.47. The van der Waals surface area contributed by atoms with Crippen LogP contribution in [0.2, 0.25) is 0 Å². The molecule has 5 nitrogen and oxygen atoms in total. The molecule has 0 aliphatic carbocycles. The predicted molar refractivity (Wildman–Crippen MR) is 69.7 cm³/mol. The van der Waals surface area contributed by atoms with Crippen LogP contribution in [-0.4, -0.2) is 43.2 Å². The van der Waals surface area contributed by atoms with E-state index in [1.807, 2.05) is 13.0 Å². The second-order valence-electron chi connectivity index (χ2n) is 4.02. The Morgan fingerprint density at radius 3 is 2.78 bits per heavy atom.